The molecule has 0 unspecified atom stereocenters. The second kappa shape index (κ2) is 6.41. The van der Waals surface area contributed by atoms with Gasteiger partial charge in [0.05, 0.1) is 6.61 Å². The fourth-order valence-electron chi connectivity index (χ4n) is 2.05. The predicted molar refractivity (Wildman–Crippen MR) is 75.7 cm³/mol. The molecule has 18 heavy (non-hydrogen) atoms. The summed E-state index contributed by atoms with van der Waals surface area (Å²) in [5, 5.41) is 0. The first-order valence-corrected chi connectivity index (χ1v) is 6.61. The van der Waals surface area contributed by atoms with Crippen molar-refractivity contribution in [1.82, 2.24) is 4.57 Å². The highest BCUT2D eigenvalue weighted by molar-refractivity contribution is 5.63. The molecule has 0 aliphatic carbocycles. The molecule has 0 bridgehead atoms. The number of rotatable bonds is 6. The van der Waals surface area contributed by atoms with Crippen molar-refractivity contribution in [3.8, 4) is 11.1 Å². The van der Waals surface area contributed by atoms with Gasteiger partial charge >= 0.3 is 0 Å². The molecule has 0 aliphatic heterocycles. The maximum absolute atomic E-state index is 5.54. The molecule has 0 aliphatic rings. The average Bonchev–Trinajstić information content (AvgIpc) is 2.77. The van der Waals surface area contributed by atoms with Gasteiger partial charge in [-0.15, -0.1) is 0 Å². The van der Waals surface area contributed by atoms with Gasteiger partial charge in [-0.3, -0.25) is 0 Å². The standard InChI is InChI=1S/C16H21NO/c1-3-10-18-11-9-17-13-16(12-14(17)2)15-7-5-4-6-8-15/h4-8,12-13H,3,9-11H2,1-2H3. The van der Waals surface area contributed by atoms with E-state index in [1.54, 1.807) is 0 Å². The molecule has 1 aromatic heterocycles. The molecule has 0 amide bonds. The highest BCUT2D eigenvalue weighted by Gasteiger charge is 2.03. The Bertz CT molecular complexity index is 473. The Morgan fingerprint density at radius 2 is 1.83 bits per heavy atom. The normalized spacial score (nSPS) is 10.8. The van der Waals surface area contributed by atoms with E-state index in [0.29, 0.717) is 0 Å². The van der Waals surface area contributed by atoms with Crippen molar-refractivity contribution in [2.75, 3.05) is 13.2 Å². The van der Waals surface area contributed by atoms with Gasteiger partial charge in [-0.25, -0.2) is 0 Å². The van der Waals surface area contributed by atoms with E-state index >= 15 is 0 Å². The van der Waals surface area contributed by atoms with Crippen LogP contribution in [0.2, 0.25) is 0 Å². The van der Waals surface area contributed by atoms with Crippen molar-refractivity contribution in [1.29, 1.82) is 0 Å². The number of hydrogen-bond donors (Lipinski definition) is 0. The average molecular weight is 243 g/mol. The lowest BCUT2D eigenvalue weighted by molar-refractivity contribution is 0.126. The highest BCUT2D eigenvalue weighted by Crippen LogP contribution is 2.21. The molecule has 0 atom stereocenters. The number of aromatic nitrogens is 1. The summed E-state index contributed by atoms with van der Waals surface area (Å²) in [6, 6.07) is 12.7. The topological polar surface area (TPSA) is 14.2 Å². The fourth-order valence-corrected chi connectivity index (χ4v) is 2.05. The van der Waals surface area contributed by atoms with Crippen molar-refractivity contribution in [2.45, 2.75) is 26.8 Å². The zero-order valence-electron chi connectivity index (χ0n) is 11.2. The molecule has 0 saturated heterocycles. The van der Waals surface area contributed by atoms with Crippen molar-refractivity contribution < 1.29 is 4.74 Å². The lowest BCUT2D eigenvalue weighted by atomic mass is 10.1. The third-order valence-corrected chi connectivity index (χ3v) is 3.04. The first-order chi connectivity index (χ1) is 8.81. The third kappa shape index (κ3) is 3.23. The smallest absolute Gasteiger partial charge is 0.0645 e. The van der Waals surface area contributed by atoms with Crippen LogP contribution in [-0.2, 0) is 11.3 Å². The molecule has 2 heteroatoms. The lowest BCUT2D eigenvalue weighted by Crippen LogP contribution is -2.06. The van der Waals surface area contributed by atoms with E-state index in [1.807, 2.05) is 6.07 Å². The van der Waals surface area contributed by atoms with Crippen LogP contribution in [0.5, 0.6) is 0 Å². The van der Waals surface area contributed by atoms with Gasteiger partial charge in [-0.05, 0) is 30.5 Å². The Morgan fingerprint density at radius 3 is 2.56 bits per heavy atom. The van der Waals surface area contributed by atoms with E-state index in [2.05, 4.69) is 54.9 Å². The Morgan fingerprint density at radius 1 is 1.06 bits per heavy atom. The lowest BCUT2D eigenvalue weighted by Gasteiger charge is -2.06. The van der Waals surface area contributed by atoms with Crippen LogP contribution in [0.1, 0.15) is 19.0 Å². The molecule has 2 aromatic rings. The number of ether oxygens (including phenoxy) is 1. The summed E-state index contributed by atoms with van der Waals surface area (Å²) in [7, 11) is 0. The van der Waals surface area contributed by atoms with Gasteiger partial charge in [0.2, 0.25) is 0 Å². The van der Waals surface area contributed by atoms with Crippen LogP contribution in [0.25, 0.3) is 11.1 Å². The molecule has 96 valence electrons. The van der Waals surface area contributed by atoms with E-state index in [4.69, 9.17) is 4.74 Å². The van der Waals surface area contributed by atoms with Gasteiger partial charge in [-0.2, -0.15) is 0 Å². The predicted octanol–water partition coefficient (Wildman–Crippen LogP) is 3.89. The molecule has 1 heterocycles. The van der Waals surface area contributed by atoms with E-state index in [9.17, 15) is 0 Å². The van der Waals surface area contributed by atoms with E-state index in [-0.39, 0.29) is 0 Å². The maximum Gasteiger partial charge on any atom is 0.0645 e. The van der Waals surface area contributed by atoms with Crippen LogP contribution in [0.3, 0.4) is 0 Å². The number of benzene rings is 1. The fraction of sp³-hybridized carbons (Fsp3) is 0.375. The van der Waals surface area contributed by atoms with E-state index in [1.165, 1.54) is 16.8 Å². The molecular weight excluding hydrogens is 222 g/mol. The van der Waals surface area contributed by atoms with Crippen LogP contribution in [-0.4, -0.2) is 17.8 Å². The minimum Gasteiger partial charge on any atom is -0.380 e. The largest absolute Gasteiger partial charge is 0.380 e. The number of aryl methyl sites for hydroxylation is 1. The van der Waals surface area contributed by atoms with Gasteiger partial charge in [0.1, 0.15) is 0 Å². The second-order valence-corrected chi connectivity index (χ2v) is 4.54. The monoisotopic (exact) mass is 243 g/mol. The number of nitrogens with zero attached hydrogens (tertiary/aromatic N) is 1. The summed E-state index contributed by atoms with van der Waals surface area (Å²) >= 11 is 0. The summed E-state index contributed by atoms with van der Waals surface area (Å²) < 4.78 is 7.80. The second-order valence-electron chi connectivity index (χ2n) is 4.54. The Kier molecular flexibility index (Phi) is 4.59. The molecule has 0 radical (unpaired) electrons. The molecule has 2 rings (SSSR count). The zero-order valence-corrected chi connectivity index (χ0v) is 11.2. The van der Waals surface area contributed by atoms with Crippen LogP contribution in [0.15, 0.2) is 42.6 Å². The highest BCUT2D eigenvalue weighted by atomic mass is 16.5. The summed E-state index contributed by atoms with van der Waals surface area (Å²) in [5.74, 6) is 0. The Balaban J connectivity index is 2.03. The molecule has 0 N–H and O–H groups in total. The molecule has 0 spiro atoms. The quantitative estimate of drug-likeness (QED) is 0.702. The number of hydrogen-bond acceptors (Lipinski definition) is 1. The summed E-state index contributed by atoms with van der Waals surface area (Å²) in [4.78, 5) is 0. The van der Waals surface area contributed by atoms with Crippen LogP contribution >= 0.6 is 0 Å². The summed E-state index contributed by atoms with van der Waals surface area (Å²) in [5.41, 5.74) is 3.84. The SMILES string of the molecule is CCCOCCn1cc(-c2ccccc2)cc1C. The van der Waals surface area contributed by atoms with E-state index < -0.39 is 0 Å². The first kappa shape index (κ1) is 12.9. The first-order valence-electron chi connectivity index (χ1n) is 6.61. The van der Waals surface area contributed by atoms with Gasteiger partial charge in [0.15, 0.2) is 0 Å². The van der Waals surface area contributed by atoms with Crippen molar-refractivity contribution in [3.05, 3.63) is 48.3 Å². The van der Waals surface area contributed by atoms with E-state index in [0.717, 1.165) is 26.2 Å². The molecule has 0 saturated carbocycles. The Labute approximate surface area is 109 Å². The van der Waals surface area contributed by atoms with Crippen molar-refractivity contribution >= 4 is 0 Å². The van der Waals surface area contributed by atoms with Crippen molar-refractivity contribution in [3.63, 3.8) is 0 Å². The van der Waals surface area contributed by atoms with Gasteiger partial charge in [0, 0.05) is 25.0 Å². The minimum atomic E-state index is 0.789. The summed E-state index contributed by atoms with van der Waals surface area (Å²) in [6.07, 6.45) is 3.29. The van der Waals surface area contributed by atoms with Crippen LogP contribution < -0.4 is 0 Å². The van der Waals surface area contributed by atoms with Gasteiger partial charge < -0.3 is 9.30 Å². The molecule has 0 fully saturated rings. The van der Waals surface area contributed by atoms with Gasteiger partial charge in [-0.1, -0.05) is 37.3 Å². The molecular formula is C16H21NO. The van der Waals surface area contributed by atoms with Crippen LogP contribution in [0.4, 0.5) is 0 Å². The molecule has 2 nitrogen and oxygen atoms in total. The summed E-state index contributed by atoms with van der Waals surface area (Å²) in [6.45, 7) is 6.85. The Hall–Kier alpha value is -1.54. The minimum absolute atomic E-state index is 0.789. The maximum atomic E-state index is 5.54. The third-order valence-electron chi connectivity index (χ3n) is 3.04. The van der Waals surface area contributed by atoms with Crippen molar-refractivity contribution in [2.24, 2.45) is 0 Å². The van der Waals surface area contributed by atoms with Gasteiger partial charge in [0.25, 0.3) is 0 Å². The van der Waals surface area contributed by atoms with Crippen LogP contribution in [0, 0.1) is 6.92 Å². The molecule has 1 aromatic carbocycles. The zero-order chi connectivity index (χ0) is 12.8.